The van der Waals surface area contributed by atoms with Gasteiger partial charge in [0.15, 0.2) is 0 Å². The molecule has 1 aliphatic heterocycles. The number of amides is 1. The maximum absolute atomic E-state index is 12.3. The van der Waals surface area contributed by atoms with Crippen LogP contribution < -0.4 is 0 Å². The van der Waals surface area contributed by atoms with Crippen molar-refractivity contribution in [3.8, 4) is 0 Å². The Labute approximate surface area is 178 Å². The topological polar surface area (TPSA) is 59.1 Å². The van der Waals surface area contributed by atoms with E-state index >= 15 is 0 Å². The van der Waals surface area contributed by atoms with Gasteiger partial charge in [-0.1, -0.05) is 42.5 Å². The molecule has 0 saturated carbocycles. The second-order valence-electron chi connectivity index (χ2n) is 7.89. The molecule has 6 nitrogen and oxygen atoms in total. The fourth-order valence-electron chi connectivity index (χ4n) is 3.73. The first kappa shape index (κ1) is 22.0. The molecule has 3 atom stereocenters. The molecule has 3 unspecified atom stereocenters. The summed E-state index contributed by atoms with van der Waals surface area (Å²) in [7, 11) is 4.88. The molecule has 6 heteroatoms. The third kappa shape index (κ3) is 5.07. The van der Waals surface area contributed by atoms with Crippen LogP contribution in [0.3, 0.4) is 0 Å². The molecule has 3 rings (SSSR count). The first-order valence-electron chi connectivity index (χ1n) is 10.2. The molecular weight excluding hydrogens is 380 g/mol. The first-order valence-corrected chi connectivity index (χ1v) is 10.2. The maximum atomic E-state index is 12.3. The lowest BCUT2D eigenvalue weighted by atomic mass is 10.0. The van der Waals surface area contributed by atoms with Gasteiger partial charge in [-0.2, -0.15) is 0 Å². The van der Waals surface area contributed by atoms with Crippen LogP contribution in [0.1, 0.15) is 40.9 Å². The zero-order chi connectivity index (χ0) is 21.7. The minimum atomic E-state index is -0.699. The van der Waals surface area contributed by atoms with Crippen LogP contribution >= 0.6 is 0 Å². The van der Waals surface area contributed by atoms with Crippen LogP contribution in [0.5, 0.6) is 0 Å². The minimum absolute atomic E-state index is 0.00277. The Morgan fingerprint density at radius 1 is 1.13 bits per heavy atom. The van der Waals surface area contributed by atoms with Crippen molar-refractivity contribution in [3.63, 3.8) is 0 Å². The summed E-state index contributed by atoms with van der Waals surface area (Å²) in [5.41, 5.74) is 2.90. The Bertz CT molecular complexity index is 851. The average molecular weight is 411 g/mol. The van der Waals surface area contributed by atoms with Gasteiger partial charge in [0.2, 0.25) is 6.23 Å². The second kappa shape index (κ2) is 9.87. The highest BCUT2D eigenvalue weighted by molar-refractivity contribution is 5.93. The van der Waals surface area contributed by atoms with E-state index in [4.69, 9.17) is 9.47 Å². The summed E-state index contributed by atoms with van der Waals surface area (Å²) in [6.45, 7) is 2.75. The summed E-state index contributed by atoms with van der Waals surface area (Å²) >= 11 is 0. The number of methoxy groups -OCH3 is 1. The maximum Gasteiger partial charge on any atom is 0.350 e. The van der Waals surface area contributed by atoms with E-state index in [-0.39, 0.29) is 24.0 Å². The lowest BCUT2D eigenvalue weighted by Gasteiger charge is -2.27. The smallest absolute Gasteiger partial charge is 0.350 e. The van der Waals surface area contributed by atoms with Crippen molar-refractivity contribution >= 4 is 11.9 Å². The van der Waals surface area contributed by atoms with Crippen molar-refractivity contribution in [1.29, 1.82) is 0 Å². The van der Waals surface area contributed by atoms with E-state index in [0.29, 0.717) is 12.1 Å². The van der Waals surface area contributed by atoms with Crippen LogP contribution in [-0.4, -0.2) is 61.7 Å². The minimum Gasteiger partial charge on any atom is -0.466 e. The van der Waals surface area contributed by atoms with Crippen molar-refractivity contribution in [2.24, 2.45) is 0 Å². The number of esters is 1. The highest BCUT2D eigenvalue weighted by atomic mass is 16.6. The van der Waals surface area contributed by atoms with Crippen LogP contribution in [0, 0.1) is 0 Å². The van der Waals surface area contributed by atoms with E-state index in [1.807, 2.05) is 54.6 Å². The zero-order valence-electron chi connectivity index (χ0n) is 18.1. The molecule has 2 aromatic carbocycles. The number of hydrogen-bond donors (Lipinski definition) is 0. The quantitative estimate of drug-likeness (QED) is 0.656. The average Bonchev–Trinajstić information content (AvgIpc) is 3.23. The zero-order valence-corrected chi connectivity index (χ0v) is 18.1. The Hall–Kier alpha value is -2.70. The van der Waals surface area contributed by atoms with Gasteiger partial charge >= 0.3 is 5.97 Å². The Morgan fingerprint density at radius 3 is 2.40 bits per heavy atom. The predicted molar refractivity (Wildman–Crippen MR) is 115 cm³/mol. The molecule has 2 aromatic rings. The SMILES string of the molecule is COC(=O)C1OC(c2ccccc2)CN1C(C)CCc1ccc(C(=O)N(C)C)cc1. The van der Waals surface area contributed by atoms with Crippen molar-refractivity contribution in [2.45, 2.75) is 38.1 Å². The van der Waals surface area contributed by atoms with Gasteiger partial charge in [0.25, 0.3) is 5.91 Å². The van der Waals surface area contributed by atoms with E-state index in [1.54, 1.807) is 19.0 Å². The molecule has 0 aromatic heterocycles. The first-order chi connectivity index (χ1) is 14.4. The van der Waals surface area contributed by atoms with Gasteiger partial charge in [0, 0.05) is 32.2 Å². The number of benzene rings is 2. The molecule has 1 fully saturated rings. The molecule has 1 aliphatic rings. The van der Waals surface area contributed by atoms with Crippen LogP contribution in [0.25, 0.3) is 0 Å². The summed E-state index contributed by atoms with van der Waals surface area (Å²) in [6.07, 6.45) is 0.849. The summed E-state index contributed by atoms with van der Waals surface area (Å²) in [6, 6.07) is 17.8. The third-order valence-corrected chi connectivity index (χ3v) is 5.57. The van der Waals surface area contributed by atoms with E-state index in [9.17, 15) is 9.59 Å². The standard InChI is InChI=1S/C24H30N2O4/c1-17(10-11-18-12-14-20(15-13-18)22(27)25(2)3)26-16-21(19-8-6-5-7-9-19)30-23(26)24(28)29-4/h5-9,12-15,17,21,23H,10-11,16H2,1-4H3. The van der Waals surface area contributed by atoms with E-state index in [1.165, 1.54) is 7.11 Å². The molecule has 0 spiro atoms. The fourth-order valence-corrected chi connectivity index (χ4v) is 3.73. The third-order valence-electron chi connectivity index (χ3n) is 5.57. The Kier molecular flexibility index (Phi) is 7.24. The number of ether oxygens (including phenoxy) is 2. The highest BCUT2D eigenvalue weighted by Crippen LogP contribution is 2.31. The van der Waals surface area contributed by atoms with Crippen molar-refractivity contribution in [3.05, 3.63) is 71.3 Å². The largest absolute Gasteiger partial charge is 0.466 e. The molecule has 1 amide bonds. The lowest BCUT2D eigenvalue weighted by molar-refractivity contribution is -0.162. The van der Waals surface area contributed by atoms with Gasteiger partial charge in [-0.3, -0.25) is 9.69 Å². The van der Waals surface area contributed by atoms with Crippen LogP contribution in [0.2, 0.25) is 0 Å². The molecule has 160 valence electrons. The molecule has 0 radical (unpaired) electrons. The highest BCUT2D eigenvalue weighted by Gasteiger charge is 2.41. The molecular formula is C24H30N2O4. The molecule has 1 heterocycles. The molecule has 0 N–H and O–H groups in total. The van der Waals surface area contributed by atoms with Crippen LogP contribution in [0.4, 0.5) is 0 Å². The van der Waals surface area contributed by atoms with Gasteiger partial charge in [-0.15, -0.1) is 0 Å². The number of aryl methyl sites for hydroxylation is 1. The Morgan fingerprint density at radius 2 is 1.80 bits per heavy atom. The summed E-state index contributed by atoms with van der Waals surface area (Å²) in [5.74, 6) is -0.371. The summed E-state index contributed by atoms with van der Waals surface area (Å²) in [4.78, 5) is 28.0. The van der Waals surface area contributed by atoms with Crippen LogP contribution in [0.15, 0.2) is 54.6 Å². The number of rotatable bonds is 7. The lowest BCUT2D eigenvalue weighted by Crippen LogP contribution is -2.43. The van der Waals surface area contributed by atoms with Crippen LogP contribution in [-0.2, 0) is 20.7 Å². The van der Waals surface area contributed by atoms with Gasteiger partial charge in [0.1, 0.15) is 0 Å². The van der Waals surface area contributed by atoms with Gasteiger partial charge in [-0.05, 0) is 43.0 Å². The fraction of sp³-hybridized carbons (Fsp3) is 0.417. The number of carbonyl (C=O) groups is 2. The van der Waals surface area contributed by atoms with Gasteiger partial charge in [-0.25, -0.2) is 4.79 Å². The monoisotopic (exact) mass is 410 g/mol. The van der Waals surface area contributed by atoms with E-state index < -0.39 is 6.23 Å². The van der Waals surface area contributed by atoms with Crippen molar-refractivity contribution in [1.82, 2.24) is 9.80 Å². The summed E-state index contributed by atoms with van der Waals surface area (Å²) < 4.78 is 11.0. The molecule has 1 saturated heterocycles. The van der Waals surface area contributed by atoms with Gasteiger partial charge in [0.05, 0.1) is 13.2 Å². The van der Waals surface area contributed by atoms with Crippen molar-refractivity contribution in [2.75, 3.05) is 27.7 Å². The van der Waals surface area contributed by atoms with Crippen molar-refractivity contribution < 1.29 is 19.1 Å². The molecule has 30 heavy (non-hydrogen) atoms. The van der Waals surface area contributed by atoms with E-state index in [2.05, 4.69) is 11.8 Å². The Balaban J connectivity index is 1.64. The number of nitrogens with zero attached hydrogens (tertiary/aromatic N) is 2. The number of hydrogen-bond acceptors (Lipinski definition) is 5. The van der Waals surface area contributed by atoms with E-state index in [0.717, 1.165) is 24.0 Å². The molecule has 0 aliphatic carbocycles. The van der Waals surface area contributed by atoms with Gasteiger partial charge < -0.3 is 14.4 Å². The predicted octanol–water partition coefficient (Wildman–Crippen LogP) is 3.28. The second-order valence-corrected chi connectivity index (χ2v) is 7.89. The normalized spacial score (nSPS) is 20.0. The summed E-state index contributed by atoms with van der Waals surface area (Å²) in [5, 5.41) is 0. The number of carbonyl (C=O) groups excluding carboxylic acids is 2. The molecule has 0 bridgehead atoms.